The van der Waals surface area contributed by atoms with E-state index in [0.29, 0.717) is 6.10 Å². The van der Waals surface area contributed by atoms with Crippen LogP contribution in [-0.2, 0) is 4.74 Å². The largest absolute Gasteiger partial charge is 0.378 e. The van der Waals surface area contributed by atoms with Crippen molar-refractivity contribution in [1.82, 2.24) is 0 Å². The van der Waals surface area contributed by atoms with Crippen LogP contribution in [0.3, 0.4) is 0 Å². The molecular formula is C8H18O. The Bertz CT molecular complexity index is 46.5. The number of hydrogen-bond donors (Lipinski definition) is 0. The van der Waals surface area contributed by atoms with Crippen molar-refractivity contribution in [3.05, 3.63) is 0 Å². The predicted octanol–water partition coefficient (Wildman–Crippen LogP) is 2.60. The van der Waals surface area contributed by atoms with E-state index in [9.17, 15) is 0 Å². The standard InChI is InChI=1S/C6H12O.C2H6/c1-2-6-4-3-5-7-6;1-2/h6H,2-5H2,1H3;1-2H3/t6-;/m1./s1. The molecule has 0 spiro atoms. The van der Waals surface area contributed by atoms with Gasteiger partial charge in [0.25, 0.3) is 0 Å². The summed E-state index contributed by atoms with van der Waals surface area (Å²) in [4.78, 5) is 0. The van der Waals surface area contributed by atoms with Crippen LogP contribution < -0.4 is 0 Å². The van der Waals surface area contributed by atoms with Crippen LogP contribution >= 0.6 is 0 Å². The fourth-order valence-corrected chi connectivity index (χ4v) is 0.966. The highest BCUT2D eigenvalue weighted by atomic mass is 16.5. The molecule has 1 heterocycles. The molecule has 0 amide bonds. The Labute approximate surface area is 58.4 Å². The van der Waals surface area contributed by atoms with Crippen LogP contribution in [-0.4, -0.2) is 12.7 Å². The fourth-order valence-electron chi connectivity index (χ4n) is 0.966. The zero-order valence-electron chi connectivity index (χ0n) is 6.81. The molecule has 0 aromatic carbocycles. The van der Waals surface area contributed by atoms with Gasteiger partial charge in [0.2, 0.25) is 0 Å². The van der Waals surface area contributed by atoms with Crippen molar-refractivity contribution >= 4 is 0 Å². The SMILES string of the molecule is CC.CC[C@@H]1CCCO1. The van der Waals surface area contributed by atoms with Gasteiger partial charge in [-0.2, -0.15) is 0 Å². The molecule has 1 aliphatic rings. The Kier molecular flexibility index (Phi) is 6.06. The Hall–Kier alpha value is -0.0400. The number of rotatable bonds is 1. The second-order valence-corrected chi connectivity index (χ2v) is 2.04. The van der Waals surface area contributed by atoms with E-state index in [2.05, 4.69) is 6.92 Å². The van der Waals surface area contributed by atoms with Gasteiger partial charge >= 0.3 is 0 Å². The highest BCUT2D eigenvalue weighted by molar-refractivity contribution is 4.60. The summed E-state index contributed by atoms with van der Waals surface area (Å²) in [7, 11) is 0. The molecule has 0 N–H and O–H groups in total. The third-order valence-electron chi connectivity index (χ3n) is 1.48. The molecule has 56 valence electrons. The maximum absolute atomic E-state index is 5.30. The van der Waals surface area contributed by atoms with Crippen LogP contribution in [0.5, 0.6) is 0 Å². The first-order valence-corrected chi connectivity index (χ1v) is 4.05. The van der Waals surface area contributed by atoms with Crippen LogP contribution in [0.25, 0.3) is 0 Å². The van der Waals surface area contributed by atoms with E-state index in [-0.39, 0.29) is 0 Å². The molecule has 1 heteroatoms. The van der Waals surface area contributed by atoms with E-state index >= 15 is 0 Å². The van der Waals surface area contributed by atoms with E-state index in [1.807, 2.05) is 13.8 Å². The molecule has 0 unspecified atom stereocenters. The monoisotopic (exact) mass is 130 g/mol. The summed E-state index contributed by atoms with van der Waals surface area (Å²) in [6, 6.07) is 0. The van der Waals surface area contributed by atoms with Crippen LogP contribution in [0.4, 0.5) is 0 Å². The molecule has 0 aromatic heterocycles. The third-order valence-corrected chi connectivity index (χ3v) is 1.48. The summed E-state index contributed by atoms with van der Waals surface area (Å²) in [6.07, 6.45) is 4.36. The first-order valence-electron chi connectivity index (χ1n) is 4.05. The summed E-state index contributed by atoms with van der Waals surface area (Å²) >= 11 is 0. The second-order valence-electron chi connectivity index (χ2n) is 2.04. The minimum absolute atomic E-state index is 0.597. The molecule has 1 aliphatic heterocycles. The molecule has 1 fully saturated rings. The summed E-state index contributed by atoms with van der Waals surface area (Å²) < 4.78 is 5.30. The zero-order valence-corrected chi connectivity index (χ0v) is 6.81. The lowest BCUT2D eigenvalue weighted by Crippen LogP contribution is -2.00. The number of hydrogen-bond acceptors (Lipinski definition) is 1. The number of ether oxygens (including phenoxy) is 1. The van der Waals surface area contributed by atoms with Crippen molar-refractivity contribution in [2.24, 2.45) is 0 Å². The predicted molar refractivity (Wildman–Crippen MR) is 40.6 cm³/mol. The molecule has 1 rings (SSSR count). The minimum atomic E-state index is 0.597. The Balaban J connectivity index is 0.000000291. The Morgan fingerprint density at radius 1 is 1.44 bits per heavy atom. The van der Waals surface area contributed by atoms with Gasteiger partial charge in [-0.25, -0.2) is 0 Å². The van der Waals surface area contributed by atoms with E-state index in [0.717, 1.165) is 6.61 Å². The van der Waals surface area contributed by atoms with Crippen molar-refractivity contribution in [2.45, 2.75) is 46.1 Å². The first kappa shape index (κ1) is 8.96. The van der Waals surface area contributed by atoms with E-state index in [4.69, 9.17) is 4.74 Å². The maximum Gasteiger partial charge on any atom is 0.0573 e. The molecular weight excluding hydrogens is 112 g/mol. The molecule has 0 saturated carbocycles. The van der Waals surface area contributed by atoms with Gasteiger partial charge in [-0.15, -0.1) is 0 Å². The molecule has 1 atom stereocenters. The van der Waals surface area contributed by atoms with Gasteiger partial charge in [-0.05, 0) is 19.3 Å². The first-order chi connectivity index (χ1) is 4.43. The van der Waals surface area contributed by atoms with Gasteiger partial charge in [0.1, 0.15) is 0 Å². The Morgan fingerprint density at radius 3 is 2.33 bits per heavy atom. The maximum atomic E-state index is 5.30. The summed E-state index contributed by atoms with van der Waals surface area (Å²) in [5.74, 6) is 0. The lowest BCUT2D eigenvalue weighted by atomic mass is 10.2. The van der Waals surface area contributed by atoms with Crippen LogP contribution in [0, 0.1) is 0 Å². The van der Waals surface area contributed by atoms with Crippen LogP contribution in [0.1, 0.15) is 40.0 Å². The van der Waals surface area contributed by atoms with Crippen LogP contribution in [0.2, 0.25) is 0 Å². The van der Waals surface area contributed by atoms with Gasteiger partial charge in [0.15, 0.2) is 0 Å². The van der Waals surface area contributed by atoms with Crippen LogP contribution in [0.15, 0.2) is 0 Å². The molecule has 1 saturated heterocycles. The molecule has 0 aliphatic carbocycles. The lowest BCUT2D eigenvalue weighted by Gasteiger charge is -2.01. The highest BCUT2D eigenvalue weighted by Crippen LogP contribution is 2.13. The molecule has 1 nitrogen and oxygen atoms in total. The molecule has 0 bridgehead atoms. The van der Waals surface area contributed by atoms with Gasteiger partial charge in [-0.1, -0.05) is 20.8 Å². The topological polar surface area (TPSA) is 9.23 Å². The lowest BCUT2D eigenvalue weighted by molar-refractivity contribution is 0.108. The van der Waals surface area contributed by atoms with Gasteiger partial charge in [-0.3, -0.25) is 0 Å². The third kappa shape index (κ3) is 3.52. The van der Waals surface area contributed by atoms with Crippen molar-refractivity contribution < 1.29 is 4.74 Å². The fraction of sp³-hybridized carbons (Fsp3) is 1.00. The second kappa shape index (κ2) is 6.09. The summed E-state index contributed by atoms with van der Waals surface area (Å²) in [5.41, 5.74) is 0. The molecule has 9 heavy (non-hydrogen) atoms. The van der Waals surface area contributed by atoms with Crippen molar-refractivity contribution in [2.75, 3.05) is 6.61 Å². The van der Waals surface area contributed by atoms with Gasteiger partial charge in [0.05, 0.1) is 6.10 Å². The van der Waals surface area contributed by atoms with E-state index < -0.39 is 0 Å². The average molecular weight is 130 g/mol. The van der Waals surface area contributed by atoms with Crippen molar-refractivity contribution in [1.29, 1.82) is 0 Å². The molecule has 0 aromatic rings. The normalized spacial score (nSPS) is 25.0. The smallest absolute Gasteiger partial charge is 0.0573 e. The van der Waals surface area contributed by atoms with Crippen molar-refractivity contribution in [3.63, 3.8) is 0 Å². The average Bonchev–Trinajstić information content (AvgIpc) is 2.43. The van der Waals surface area contributed by atoms with E-state index in [1.165, 1.54) is 19.3 Å². The van der Waals surface area contributed by atoms with Gasteiger partial charge in [0, 0.05) is 6.61 Å². The quantitative estimate of drug-likeness (QED) is 0.530. The molecule has 0 radical (unpaired) electrons. The van der Waals surface area contributed by atoms with Crippen molar-refractivity contribution in [3.8, 4) is 0 Å². The highest BCUT2D eigenvalue weighted by Gasteiger charge is 2.11. The zero-order chi connectivity index (χ0) is 7.11. The minimum Gasteiger partial charge on any atom is -0.378 e. The Morgan fingerprint density at radius 2 is 2.11 bits per heavy atom. The summed E-state index contributed by atoms with van der Waals surface area (Å²) in [6.45, 7) is 7.18. The van der Waals surface area contributed by atoms with E-state index in [1.54, 1.807) is 0 Å². The van der Waals surface area contributed by atoms with Gasteiger partial charge < -0.3 is 4.74 Å². The summed E-state index contributed by atoms with van der Waals surface area (Å²) in [5, 5.41) is 0.